The first-order valence-electron chi connectivity index (χ1n) is 17.4. The van der Waals surface area contributed by atoms with Gasteiger partial charge in [0.05, 0.1) is 19.3 Å². The molecule has 0 fully saturated rings. The van der Waals surface area contributed by atoms with E-state index in [0.717, 1.165) is 11.1 Å². The maximum Gasteiger partial charge on any atom is 0.339 e. The van der Waals surface area contributed by atoms with Crippen LogP contribution < -0.4 is 26.6 Å². The number of carbonyl (C=O) groups is 4. The highest BCUT2D eigenvalue weighted by molar-refractivity contribution is 6.10. The van der Waals surface area contributed by atoms with Crippen LogP contribution in [0.25, 0.3) is 11.1 Å². The maximum absolute atomic E-state index is 13.9. The largest absolute Gasteiger partial charge is 0.481 e. The van der Waals surface area contributed by atoms with Crippen LogP contribution in [0.15, 0.2) is 115 Å². The third kappa shape index (κ3) is 10.8. The molecule has 0 aliphatic carbocycles. The van der Waals surface area contributed by atoms with E-state index in [0.29, 0.717) is 17.7 Å². The SMILES string of the molecule is COc1ccc(-c2ccc(C(=O)NC(CC(C)C)C(=O)NOCc3ccccc3)cc2C(=O)OCc2ccccc2)c(C(=O)Nc2ccc(C(=N)N)cc2)n1. The van der Waals surface area contributed by atoms with E-state index < -0.39 is 29.7 Å². The number of amides is 3. The molecule has 3 amide bonds. The zero-order chi connectivity index (χ0) is 39.3. The van der Waals surface area contributed by atoms with E-state index >= 15 is 0 Å². The number of carbonyl (C=O) groups excluding carboxylic acids is 4. The summed E-state index contributed by atoms with van der Waals surface area (Å²) in [7, 11) is 1.41. The molecule has 0 spiro atoms. The van der Waals surface area contributed by atoms with Crippen molar-refractivity contribution in [1.29, 1.82) is 5.41 Å². The number of pyridine rings is 1. The summed E-state index contributed by atoms with van der Waals surface area (Å²) < 4.78 is 11.0. The van der Waals surface area contributed by atoms with Gasteiger partial charge in [0, 0.05) is 28.4 Å². The van der Waals surface area contributed by atoms with Gasteiger partial charge in [-0.05, 0) is 71.5 Å². The molecule has 0 saturated heterocycles. The Kier molecular flexibility index (Phi) is 13.4. The van der Waals surface area contributed by atoms with Crippen LogP contribution in [-0.4, -0.2) is 47.7 Å². The van der Waals surface area contributed by atoms with Gasteiger partial charge in [0.25, 0.3) is 17.7 Å². The van der Waals surface area contributed by atoms with Crippen LogP contribution in [0.3, 0.4) is 0 Å². The predicted molar refractivity (Wildman–Crippen MR) is 207 cm³/mol. The number of anilines is 1. The molecule has 1 aromatic heterocycles. The van der Waals surface area contributed by atoms with E-state index in [9.17, 15) is 19.2 Å². The van der Waals surface area contributed by atoms with Crippen LogP contribution in [-0.2, 0) is 27.6 Å². The fraction of sp³-hybridized carbons (Fsp3) is 0.190. The van der Waals surface area contributed by atoms with Crippen LogP contribution in [0, 0.1) is 11.3 Å². The fourth-order valence-corrected chi connectivity index (χ4v) is 5.54. The second kappa shape index (κ2) is 18.8. The topological polar surface area (TPSA) is 195 Å². The number of aromatic nitrogens is 1. The highest BCUT2D eigenvalue weighted by Gasteiger charge is 2.26. The van der Waals surface area contributed by atoms with Gasteiger partial charge in [-0.15, -0.1) is 0 Å². The van der Waals surface area contributed by atoms with Gasteiger partial charge < -0.3 is 25.8 Å². The number of nitrogen functional groups attached to an aromatic ring is 1. The normalized spacial score (nSPS) is 11.3. The highest BCUT2D eigenvalue weighted by Crippen LogP contribution is 2.31. The summed E-state index contributed by atoms with van der Waals surface area (Å²) in [5.74, 6) is -2.47. The molecule has 5 rings (SSSR count). The molecular weight excluding hydrogens is 700 g/mol. The summed E-state index contributed by atoms with van der Waals surface area (Å²) in [5, 5.41) is 13.2. The van der Waals surface area contributed by atoms with Crippen molar-refractivity contribution in [3.8, 4) is 17.0 Å². The Morgan fingerprint density at radius 3 is 2.00 bits per heavy atom. The molecule has 55 heavy (non-hydrogen) atoms. The molecule has 282 valence electrons. The second-order valence-electron chi connectivity index (χ2n) is 12.9. The number of ether oxygens (including phenoxy) is 2. The van der Waals surface area contributed by atoms with Crippen LogP contribution in [0.5, 0.6) is 5.88 Å². The molecule has 0 radical (unpaired) electrons. The summed E-state index contributed by atoms with van der Waals surface area (Å²) in [6.07, 6.45) is 0.309. The fourth-order valence-electron chi connectivity index (χ4n) is 5.54. The smallest absolute Gasteiger partial charge is 0.339 e. The molecule has 6 N–H and O–H groups in total. The van der Waals surface area contributed by atoms with E-state index in [1.807, 2.05) is 62.4 Å². The number of nitrogens with zero attached hydrogens (tertiary/aromatic N) is 1. The average Bonchev–Trinajstić information content (AvgIpc) is 3.20. The van der Waals surface area contributed by atoms with Gasteiger partial charge in [-0.1, -0.05) is 80.6 Å². The van der Waals surface area contributed by atoms with Gasteiger partial charge >= 0.3 is 5.97 Å². The third-order valence-electron chi connectivity index (χ3n) is 8.34. The second-order valence-corrected chi connectivity index (χ2v) is 12.9. The molecule has 13 heteroatoms. The minimum absolute atomic E-state index is 0.0218. The lowest BCUT2D eigenvalue weighted by molar-refractivity contribution is -0.137. The van der Waals surface area contributed by atoms with Gasteiger partial charge in [-0.2, -0.15) is 0 Å². The molecule has 1 heterocycles. The summed E-state index contributed by atoms with van der Waals surface area (Å²) in [4.78, 5) is 64.5. The monoisotopic (exact) mass is 742 g/mol. The van der Waals surface area contributed by atoms with Gasteiger partial charge in [0.1, 0.15) is 24.2 Å². The first-order valence-corrected chi connectivity index (χ1v) is 17.4. The Hall–Kier alpha value is -6.86. The number of benzene rings is 4. The number of nitrogens with one attached hydrogen (secondary N) is 4. The zero-order valence-corrected chi connectivity index (χ0v) is 30.6. The number of methoxy groups -OCH3 is 1. The molecular formula is C42H42N6O7. The number of rotatable bonds is 16. The number of amidine groups is 1. The summed E-state index contributed by atoms with van der Waals surface area (Å²) in [6.45, 7) is 3.92. The molecule has 5 aromatic rings. The average molecular weight is 743 g/mol. The van der Waals surface area contributed by atoms with Gasteiger partial charge in [-0.25, -0.2) is 15.3 Å². The van der Waals surface area contributed by atoms with E-state index in [1.54, 1.807) is 48.5 Å². The number of hydrogen-bond acceptors (Lipinski definition) is 9. The molecule has 13 nitrogen and oxygen atoms in total. The zero-order valence-electron chi connectivity index (χ0n) is 30.6. The van der Waals surface area contributed by atoms with Crippen LogP contribution in [0.2, 0.25) is 0 Å². The third-order valence-corrected chi connectivity index (χ3v) is 8.34. The number of hydrogen-bond donors (Lipinski definition) is 5. The molecule has 4 aromatic carbocycles. The lowest BCUT2D eigenvalue weighted by Crippen LogP contribution is -2.47. The van der Waals surface area contributed by atoms with Crippen LogP contribution >= 0.6 is 0 Å². The molecule has 1 atom stereocenters. The Balaban J connectivity index is 1.46. The van der Waals surface area contributed by atoms with Crippen LogP contribution in [0.1, 0.15) is 68.2 Å². The molecule has 0 aliphatic heterocycles. The van der Waals surface area contributed by atoms with Crippen molar-refractivity contribution in [1.82, 2.24) is 15.8 Å². The number of esters is 1. The van der Waals surface area contributed by atoms with Crippen molar-refractivity contribution in [2.24, 2.45) is 11.7 Å². The lowest BCUT2D eigenvalue weighted by atomic mass is 9.95. The Bertz CT molecular complexity index is 2140. The van der Waals surface area contributed by atoms with Gasteiger partial charge in [0.15, 0.2) is 0 Å². The lowest BCUT2D eigenvalue weighted by Gasteiger charge is -2.20. The van der Waals surface area contributed by atoms with Gasteiger partial charge in [0.2, 0.25) is 5.88 Å². The Labute approximate surface area is 318 Å². The predicted octanol–water partition coefficient (Wildman–Crippen LogP) is 6.04. The summed E-state index contributed by atoms with van der Waals surface area (Å²) in [6, 6.07) is 31.3. The Morgan fingerprint density at radius 1 is 0.764 bits per heavy atom. The van der Waals surface area contributed by atoms with Crippen molar-refractivity contribution in [2.45, 2.75) is 39.5 Å². The number of nitrogens with two attached hydrogens (primary N) is 1. The standard InChI is InChI=1S/C42H42N6O7/c1-26(2)22-35(40(50)48-55-25-28-12-8-5-9-13-28)46-39(49)30-16-19-32(34(23-30)42(52)54-24-27-10-6-4-7-11-27)33-20-21-36(53-3)47-37(33)41(51)45-31-17-14-29(15-18-31)38(43)44/h4-21,23,26,35H,22,24-25H2,1-3H3,(H3,43,44)(H,45,51)(H,46,49)(H,48,50). The Morgan fingerprint density at radius 2 is 1.38 bits per heavy atom. The van der Waals surface area contributed by atoms with Crippen LogP contribution in [0.4, 0.5) is 5.69 Å². The first kappa shape index (κ1) is 39.3. The minimum Gasteiger partial charge on any atom is -0.481 e. The van der Waals surface area contributed by atoms with Crippen molar-refractivity contribution in [3.63, 3.8) is 0 Å². The van der Waals surface area contributed by atoms with E-state index in [2.05, 4.69) is 21.1 Å². The molecule has 1 unspecified atom stereocenters. The molecule has 0 saturated carbocycles. The summed E-state index contributed by atoms with van der Waals surface area (Å²) >= 11 is 0. The van der Waals surface area contributed by atoms with E-state index in [4.69, 9.17) is 25.5 Å². The first-order chi connectivity index (χ1) is 26.5. The van der Waals surface area contributed by atoms with Crippen molar-refractivity contribution >= 4 is 35.2 Å². The molecule has 0 bridgehead atoms. The number of hydroxylamine groups is 1. The minimum atomic E-state index is -0.956. The van der Waals surface area contributed by atoms with Crippen molar-refractivity contribution < 1.29 is 33.5 Å². The quantitative estimate of drug-likeness (QED) is 0.0347. The van der Waals surface area contributed by atoms with E-state index in [-0.39, 0.29) is 58.8 Å². The van der Waals surface area contributed by atoms with Crippen molar-refractivity contribution in [3.05, 3.63) is 149 Å². The van der Waals surface area contributed by atoms with Crippen molar-refractivity contribution in [2.75, 3.05) is 12.4 Å². The highest BCUT2D eigenvalue weighted by atomic mass is 16.7. The van der Waals surface area contributed by atoms with E-state index in [1.165, 1.54) is 25.3 Å². The maximum atomic E-state index is 13.9. The molecule has 0 aliphatic rings. The summed E-state index contributed by atoms with van der Waals surface area (Å²) in [5.41, 5.74) is 11.0. The van der Waals surface area contributed by atoms with Gasteiger partial charge in [-0.3, -0.25) is 24.6 Å².